The van der Waals surface area contributed by atoms with Crippen LogP contribution in [0.4, 0.5) is 0 Å². The van der Waals surface area contributed by atoms with E-state index in [1.165, 1.54) is 19.4 Å². The Kier molecular flexibility index (Phi) is 3.30. The van der Waals surface area contributed by atoms with Gasteiger partial charge in [0.05, 0.1) is 17.6 Å². The van der Waals surface area contributed by atoms with Crippen LogP contribution in [0.1, 0.15) is 18.7 Å². The first-order chi connectivity index (χ1) is 8.86. The Hall–Kier alpha value is -1.39. The van der Waals surface area contributed by atoms with Gasteiger partial charge in [-0.15, -0.1) is 0 Å². The summed E-state index contributed by atoms with van der Waals surface area (Å²) in [6.45, 7) is 3.19. The molecule has 96 valence electrons. The van der Waals surface area contributed by atoms with Crippen molar-refractivity contribution in [3.63, 3.8) is 0 Å². The lowest BCUT2D eigenvalue weighted by atomic mass is 10.2. The van der Waals surface area contributed by atoms with Crippen molar-refractivity contribution >= 4 is 11.0 Å². The van der Waals surface area contributed by atoms with Gasteiger partial charge in [-0.1, -0.05) is 12.1 Å². The number of para-hydroxylation sites is 2. The molecule has 2 aromatic rings. The highest BCUT2D eigenvalue weighted by atomic mass is 15.2. The van der Waals surface area contributed by atoms with E-state index in [-0.39, 0.29) is 0 Å². The van der Waals surface area contributed by atoms with E-state index in [0.717, 1.165) is 29.9 Å². The molecule has 3 rings (SSSR count). The third-order valence-electron chi connectivity index (χ3n) is 3.73. The molecule has 4 nitrogen and oxygen atoms in total. The van der Waals surface area contributed by atoms with E-state index in [9.17, 15) is 0 Å². The minimum Gasteiger partial charge on any atom is -0.341 e. The standard InChI is InChI=1S/C14H20N4/c1-15-9-11-5-4-8-18(11)10-14-16-12-6-2-3-7-13(12)17-14/h2-3,6-7,11,15H,4-5,8-10H2,1H3,(H,16,17). The quantitative estimate of drug-likeness (QED) is 0.861. The summed E-state index contributed by atoms with van der Waals surface area (Å²) in [5.41, 5.74) is 2.20. The summed E-state index contributed by atoms with van der Waals surface area (Å²) in [4.78, 5) is 10.6. The molecular weight excluding hydrogens is 224 g/mol. The maximum atomic E-state index is 4.65. The highest BCUT2D eigenvalue weighted by molar-refractivity contribution is 5.74. The molecule has 1 aromatic heterocycles. The second-order valence-corrected chi connectivity index (χ2v) is 5.02. The number of nitrogens with one attached hydrogen (secondary N) is 2. The molecule has 1 saturated heterocycles. The number of fused-ring (bicyclic) bond motifs is 1. The second kappa shape index (κ2) is 5.08. The average Bonchev–Trinajstić information content (AvgIpc) is 2.97. The fourth-order valence-corrected chi connectivity index (χ4v) is 2.84. The zero-order valence-electron chi connectivity index (χ0n) is 10.8. The lowest BCUT2D eigenvalue weighted by molar-refractivity contribution is 0.237. The molecule has 1 unspecified atom stereocenters. The summed E-state index contributed by atoms with van der Waals surface area (Å²) in [6.07, 6.45) is 2.59. The Morgan fingerprint density at radius 3 is 3.17 bits per heavy atom. The number of hydrogen-bond acceptors (Lipinski definition) is 3. The molecule has 0 amide bonds. The Labute approximate surface area is 107 Å². The van der Waals surface area contributed by atoms with E-state index in [1.807, 2.05) is 19.2 Å². The number of H-pyrrole nitrogens is 1. The van der Waals surface area contributed by atoms with Crippen LogP contribution < -0.4 is 5.32 Å². The molecule has 0 saturated carbocycles. The van der Waals surface area contributed by atoms with Crippen LogP contribution in [0.5, 0.6) is 0 Å². The number of imidazole rings is 1. The number of aromatic amines is 1. The summed E-state index contributed by atoms with van der Waals surface area (Å²) < 4.78 is 0. The first-order valence-corrected chi connectivity index (χ1v) is 6.69. The minimum atomic E-state index is 0.656. The normalized spacial score (nSPS) is 20.8. The second-order valence-electron chi connectivity index (χ2n) is 5.02. The number of hydrogen-bond donors (Lipinski definition) is 2. The van der Waals surface area contributed by atoms with E-state index >= 15 is 0 Å². The van der Waals surface area contributed by atoms with Crippen LogP contribution in [0.15, 0.2) is 24.3 Å². The summed E-state index contributed by atoms with van der Waals surface area (Å²) in [5, 5.41) is 3.28. The zero-order valence-corrected chi connectivity index (χ0v) is 10.8. The Morgan fingerprint density at radius 2 is 2.33 bits per heavy atom. The number of rotatable bonds is 4. The number of aromatic nitrogens is 2. The molecule has 0 radical (unpaired) electrons. The van der Waals surface area contributed by atoms with Crippen molar-refractivity contribution in [3.8, 4) is 0 Å². The van der Waals surface area contributed by atoms with Crippen molar-refractivity contribution in [2.75, 3.05) is 20.1 Å². The van der Waals surface area contributed by atoms with E-state index in [2.05, 4.69) is 32.3 Å². The van der Waals surface area contributed by atoms with Crippen LogP contribution in [-0.2, 0) is 6.54 Å². The van der Waals surface area contributed by atoms with Gasteiger partial charge in [0.1, 0.15) is 5.82 Å². The number of likely N-dealkylation sites (N-methyl/N-ethyl adjacent to an activating group) is 1. The number of nitrogens with zero attached hydrogens (tertiary/aromatic N) is 2. The first-order valence-electron chi connectivity index (χ1n) is 6.69. The molecular formula is C14H20N4. The molecule has 0 bridgehead atoms. The zero-order chi connectivity index (χ0) is 12.4. The van der Waals surface area contributed by atoms with Crippen molar-refractivity contribution in [1.82, 2.24) is 20.2 Å². The van der Waals surface area contributed by atoms with Crippen LogP contribution in [0.2, 0.25) is 0 Å². The monoisotopic (exact) mass is 244 g/mol. The van der Waals surface area contributed by atoms with Crippen molar-refractivity contribution in [1.29, 1.82) is 0 Å². The van der Waals surface area contributed by atoms with E-state index in [0.29, 0.717) is 6.04 Å². The molecule has 18 heavy (non-hydrogen) atoms. The molecule has 1 aliphatic rings. The molecule has 1 atom stereocenters. The van der Waals surface area contributed by atoms with Gasteiger partial charge in [0.2, 0.25) is 0 Å². The number of benzene rings is 1. The van der Waals surface area contributed by atoms with Gasteiger partial charge >= 0.3 is 0 Å². The van der Waals surface area contributed by atoms with E-state index in [1.54, 1.807) is 0 Å². The lowest BCUT2D eigenvalue weighted by Crippen LogP contribution is -2.36. The van der Waals surface area contributed by atoms with Gasteiger partial charge in [-0.3, -0.25) is 4.90 Å². The number of likely N-dealkylation sites (tertiary alicyclic amines) is 1. The van der Waals surface area contributed by atoms with Crippen LogP contribution in [0, 0.1) is 0 Å². The van der Waals surface area contributed by atoms with Crippen molar-refractivity contribution in [2.24, 2.45) is 0 Å². The SMILES string of the molecule is CNCC1CCCN1Cc1nc2ccccc2[nH]1. The van der Waals surface area contributed by atoms with E-state index < -0.39 is 0 Å². The maximum absolute atomic E-state index is 4.65. The largest absolute Gasteiger partial charge is 0.341 e. The Morgan fingerprint density at radius 1 is 1.44 bits per heavy atom. The molecule has 4 heteroatoms. The average molecular weight is 244 g/mol. The third-order valence-corrected chi connectivity index (χ3v) is 3.73. The smallest absolute Gasteiger partial charge is 0.121 e. The molecule has 0 aliphatic carbocycles. The maximum Gasteiger partial charge on any atom is 0.121 e. The summed E-state index contributed by atoms with van der Waals surface area (Å²) in [7, 11) is 2.03. The van der Waals surface area contributed by atoms with Gasteiger partial charge in [-0.05, 0) is 38.6 Å². The van der Waals surface area contributed by atoms with Crippen molar-refractivity contribution in [3.05, 3.63) is 30.1 Å². The fraction of sp³-hybridized carbons (Fsp3) is 0.500. The minimum absolute atomic E-state index is 0.656. The molecule has 1 aliphatic heterocycles. The summed E-state index contributed by atoms with van der Waals surface area (Å²) in [6, 6.07) is 8.88. The molecule has 2 heterocycles. The lowest BCUT2D eigenvalue weighted by Gasteiger charge is -2.22. The Balaban J connectivity index is 1.75. The summed E-state index contributed by atoms with van der Waals surface area (Å²) >= 11 is 0. The predicted molar refractivity (Wildman–Crippen MR) is 73.5 cm³/mol. The topological polar surface area (TPSA) is 44.0 Å². The molecule has 1 fully saturated rings. The third kappa shape index (κ3) is 2.26. The molecule has 1 aromatic carbocycles. The van der Waals surface area contributed by atoms with Gasteiger partial charge in [-0.25, -0.2) is 4.98 Å². The predicted octanol–water partition coefficient (Wildman–Crippen LogP) is 1.75. The summed E-state index contributed by atoms with van der Waals surface area (Å²) in [5.74, 6) is 1.08. The van der Waals surface area contributed by atoms with Crippen LogP contribution in [0.3, 0.4) is 0 Å². The van der Waals surface area contributed by atoms with Crippen molar-refractivity contribution < 1.29 is 0 Å². The molecule has 0 spiro atoms. The highest BCUT2D eigenvalue weighted by Crippen LogP contribution is 2.19. The van der Waals surface area contributed by atoms with Crippen LogP contribution >= 0.6 is 0 Å². The van der Waals surface area contributed by atoms with Gasteiger partial charge in [0.15, 0.2) is 0 Å². The first kappa shape index (κ1) is 11.7. The van der Waals surface area contributed by atoms with Crippen LogP contribution in [0.25, 0.3) is 11.0 Å². The Bertz CT molecular complexity index is 486. The van der Waals surface area contributed by atoms with Gasteiger partial charge in [-0.2, -0.15) is 0 Å². The fourth-order valence-electron chi connectivity index (χ4n) is 2.84. The van der Waals surface area contributed by atoms with Gasteiger partial charge < -0.3 is 10.3 Å². The van der Waals surface area contributed by atoms with Gasteiger partial charge in [0, 0.05) is 12.6 Å². The van der Waals surface area contributed by atoms with Crippen LogP contribution in [-0.4, -0.2) is 41.0 Å². The highest BCUT2D eigenvalue weighted by Gasteiger charge is 2.24. The van der Waals surface area contributed by atoms with Gasteiger partial charge in [0.25, 0.3) is 0 Å². The van der Waals surface area contributed by atoms with Crippen molar-refractivity contribution in [2.45, 2.75) is 25.4 Å². The molecule has 2 N–H and O–H groups in total. The van der Waals surface area contributed by atoms with E-state index in [4.69, 9.17) is 0 Å².